The van der Waals surface area contributed by atoms with Gasteiger partial charge in [-0.1, -0.05) is 26.0 Å². The molecule has 4 heterocycles. The highest BCUT2D eigenvalue weighted by atomic mass is 19.3. The molecule has 0 spiro atoms. The number of nitrogens with zero attached hydrogens (tertiary/aromatic N) is 6. The molecule has 2 aliphatic heterocycles. The summed E-state index contributed by atoms with van der Waals surface area (Å²) in [5.41, 5.74) is 0.761. The summed E-state index contributed by atoms with van der Waals surface area (Å²) in [7, 11) is 0. The van der Waals surface area contributed by atoms with E-state index in [1.165, 1.54) is 0 Å². The summed E-state index contributed by atoms with van der Waals surface area (Å²) in [6.07, 6.45) is -0.173. The SMILES string of the molecule is CC(C)(C)c1nc(N2CCC(F)(F)C2)c2nnn(C3COC3)c2n1. The van der Waals surface area contributed by atoms with E-state index in [9.17, 15) is 8.78 Å². The largest absolute Gasteiger partial charge is 0.377 e. The van der Waals surface area contributed by atoms with Gasteiger partial charge in [0.1, 0.15) is 11.9 Å². The van der Waals surface area contributed by atoms with Gasteiger partial charge >= 0.3 is 0 Å². The van der Waals surface area contributed by atoms with E-state index in [4.69, 9.17) is 4.74 Å². The standard InChI is InChI=1S/C15H20F2N6O/c1-14(2,3)13-18-11(22-5-4-15(16,17)8-22)10-12(19-13)23(21-20-10)9-6-24-7-9/h9H,4-8H2,1-3H3. The quantitative estimate of drug-likeness (QED) is 0.833. The zero-order valence-corrected chi connectivity index (χ0v) is 14.0. The van der Waals surface area contributed by atoms with Crippen molar-refractivity contribution in [3.05, 3.63) is 5.82 Å². The number of anilines is 1. The molecule has 2 aromatic heterocycles. The number of aromatic nitrogens is 5. The van der Waals surface area contributed by atoms with Crippen molar-refractivity contribution in [2.75, 3.05) is 31.2 Å². The molecule has 0 bridgehead atoms. The first-order valence-electron chi connectivity index (χ1n) is 8.08. The van der Waals surface area contributed by atoms with Crippen LogP contribution in [0.3, 0.4) is 0 Å². The van der Waals surface area contributed by atoms with E-state index < -0.39 is 5.92 Å². The third-order valence-electron chi connectivity index (χ3n) is 4.41. The van der Waals surface area contributed by atoms with Crippen LogP contribution in [0.5, 0.6) is 0 Å². The van der Waals surface area contributed by atoms with Crippen LogP contribution in [0.2, 0.25) is 0 Å². The first-order valence-corrected chi connectivity index (χ1v) is 8.08. The molecule has 0 radical (unpaired) electrons. The van der Waals surface area contributed by atoms with Gasteiger partial charge in [0.2, 0.25) is 0 Å². The highest BCUT2D eigenvalue weighted by molar-refractivity contribution is 5.83. The van der Waals surface area contributed by atoms with Gasteiger partial charge in [0.05, 0.1) is 19.8 Å². The fraction of sp³-hybridized carbons (Fsp3) is 0.733. The lowest BCUT2D eigenvalue weighted by atomic mass is 9.96. The number of halogens is 2. The molecule has 2 aliphatic rings. The van der Waals surface area contributed by atoms with Crippen molar-refractivity contribution in [1.29, 1.82) is 0 Å². The lowest BCUT2D eigenvalue weighted by Crippen LogP contribution is -2.32. The topological polar surface area (TPSA) is 69.0 Å². The zero-order valence-electron chi connectivity index (χ0n) is 14.0. The first kappa shape index (κ1) is 15.6. The Hall–Kier alpha value is -1.90. The Morgan fingerprint density at radius 1 is 1.21 bits per heavy atom. The predicted octanol–water partition coefficient (Wildman–Crippen LogP) is 1.94. The lowest BCUT2D eigenvalue weighted by molar-refractivity contribution is -0.0277. The van der Waals surface area contributed by atoms with Crippen molar-refractivity contribution in [2.45, 2.75) is 44.6 Å². The molecule has 0 N–H and O–H groups in total. The van der Waals surface area contributed by atoms with Crippen LogP contribution in [0, 0.1) is 0 Å². The van der Waals surface area contributed by atoms with Gasteiger partial charge in [0, 0.05) is 18.4 Å². The van der Waals surface area contributed by atoms with Crippen LogP contribution in [0.25, 0.3) is 11.2 Å². The normalized spacial score (nSPS) is 21.5. The molecule has 2 fully saturated rings. The molecular weight excluding hydrogens is 318 g/mol. The zero-order chi connectivity index (χ0) is 17.1. The minimum atomic E-state index is -2.70. The van der Waals surface area contributed by atoms with Crippen LogP contribution < -0.4 is 4.90 Å². The smallest absolute Gasteiger partial charge is 0.266 e. The van der Waals surface area contributed by atoms with Crippen molar-refractivity contribution in [3.63, 3.8) is 0 Å². The summed E-state index contributed by atoms with van der Waals surface area (Å²) in [6.45, 7) is 7.02. The van der Waals surface area contributed by atoms with E-state index in [-0.39, 0.29) is 31.0 Å². The summed E-state index contributed by atoms with van der Waals surface area (Å²) in [5.74, 6) is -1.64. The van der Waals surface area contributed by atoms with Crippen LogP contribution in [0.1, 0.15) is 39.1 Å². The third-order valence-corrected chi connectivity index (χ3v) is 4.41. The van der Waals surface area contributed by atoms with Crippen LogP contribution in [-0.2, 0) is 10.2 Å². The Balaban J connectivity index is 1.86. The fourth-order valence-corrected chi connectivity index (χ4v) is 2.90. The lowest BCUT2D eigenvalue weighted by Gasteiger charge is -2.26. The van der Waals surface area contributed by atoms with Crippen LogP contribution >= 0.6 is 0 Å². The molecule has 0 unspecified atom stereocenters. The van der Waals surface area contributed by atoms with E-state index in [0.29, 0.717) is 36.0 Å². The Labute approximate surface area is 138 Å². The van der Waals surface area contributed by atoms with E-state index in [1.807, 2.05) is 20.8 Å². The van der Waals surface area contributed by atoms with Gasteiger partial charge in [0.15, 0.2) is 17.0 Å². The fourth-order valence-electron chi connectivity index (χ4n) is 2.90. The Morgan fingerprint density at radius 3 is 2.50 bits per heavy atom. The Kier molecular flexibility index (Phi) is 3.28. The van der Waals surface area contributed by atoms with E-state index >= 15 is 0 Å². The second-order valence-electron chi connectivity index (χ2n) is 7.55. The summed E-state index contributed by atoms with van der Waals surface area (Å²) < 4.78 is 34.3. The molecule has 0 saturated carbocycles. The second kappa shape index (κ2) is 5.05. The number of alkyl halides is 2. The van der Waals surface area contributed by atoms with E-state index in [1.54, 1.807) is 9.58 Å². The van der Waals surface area contributed by atoms with Crippen LogP contribution in [-0.4, -0.2) is 57.2 Å². The number of hydrogen-bond acceptors (Lipinski definition) is 6. The molecule has 0 atom stereocenters. The number of fused-ring (bicyclic) bond motifs is 1. The molecule has 24 heavy (non-hydrogen) atoms. The van der Waals surface area contributed by atoms with Crippen molar-refractivity contribution in [2.24, 2.45) is 0 Å². The maximum absolute atomic E-state index is 13.7. The van der Waals surface area contributed by atoms with Crippen molar-refractivity contribution < 1.29 is 13.5 Å². The van der Waals surface area contributed by atoms with Crippen LogP contribution in [0.4, 0.5) is 14.6 Å². The van der Waals surface area contributed by atoms with Crippen molar-refractivity contribution in [3.8, 4) is 0 Å². The van der Waals surface area contributed by atoms with Gasteiger partial charge in [-0.15, -0.1) is 5.10 Å². The predicted molar refractivity (Wildman–Crippen MR) is 83.5 cm³/mol. The number of ether oxygens (including phenoxy) is 1. The first-order chi connectivity index (χ1) is 11.2. The summed E-state index contributed by atoms with van der Waals surface area (Å²) >= 11 is 0. The van der Waals surface area contributed by atoms with Gasteiger partial charge < -0.3 is 9.64 Å². The molecule has 7 nitrogen and oxygen atoms in total. The maximum Gasteiger partial charge on any atom is 0.266 e. The summed E-state index contributed by atoms with van der Waals surface area (Å²) in [6, 6.07) is 0.0885. The highest BCUT2D eigenvalue weighted by Crippen LogP contribution is 2.34. The molecule has 0 aromatic carbocycles. The van der Waals surface area contributed by atoms with Gasteiger partial charge in [-0.2, -0.15) is 0 Å². The monoisotopic (exact) mass is 338 g/mol. The second-order valence-corrected chi connectivity index (χ2v) is 7.55. The molecule has 2 aromatic rings. The maximum atomic E-state index is 13.7. The van der Waals surface area contributed by atoms with Crippen LogP contribution in [0.15, 0.2) is 0 Å². The van der Waals surface area contributed by atoms with Gasteiger partial charge in [-0.25, -0.2) is 23.4 Å². The van der Waals surface area contributed by atoms with Crippen molar-refractivity contribution >= 4 is 17.0 Å². The Morgan fingerprint density at radius 2 is 1.96 bits per heavy atom. The molecule has 9 heteroatoms. The molecule has 0 aliphatic carbocycles. The highest BCUT2D eigenvalue weighted by Gasteiger charge is 2.40. The van der Waals surface area contributed by atoms with Gasteiger partial charge in [-0.05, 0) is 0 Å². The number of rotatable bonds is 2. The molecule has 4 rings (SSSR count). The summed E-state index contributed by atoms with van der Waals surface area (Å²) in [5, 5.41) is 8.36. The van der Waals surface area contributed by atoms with Gasteiger partial charge in [-0.3, -0.25) is 0 Å². The average Bonchev–Trinajstić information content (AvgIpc) is 2.99. The Bertz CT molecular complexity index is 780. The van der Waals surface area contributed by atoms with Crippen molar-refractivity contribution in [1.82, 2.24) is 25.0 Å². The van der Waals surface area contributed by atoms with E-state index in [2.05, 4.69) is 20.3 Å². The average molecular weight is 338 g/mol. The summed E-state index contributed by atoms with van der Waals surface area (Å²) in [4.78, 5) is 10.8. The molecular formula is C15H20F2N6O. The number of hydrogen-bond donors (Lipinski definition) is 0. The minimum absolute atomic E-state index is 0.0885. The van der Waals surface area contributed by atoms with E-state index in [0.717, 1.165) is 0 Å². The minimum Gasteiger partial charge on any atom is -0.377 e. The molecule has 2 saturated heterocycles. The molecule has 0 amide bonds. The third kappa shape index (κ3) is 2.51. The molecule has 130 valence electrons. The van der Waals surface area contributed by atoms with Gasteiger partial charge in [0.25, 0.3) is 5.92 Å².